The predicted molar refractivity (Wildman–Crippen MR) is 92.0 cm³/mol. The van der Waals surface area contributed by atoms with Gasteiger partial charge in [-0.25, -0.2) is 8.78 Å². The summed E-state index contributed by atoms with van der Waals surface area (Å²) in [5.74, 6) is -0.919. The first-order valence-electron chi connectivity index (χ1n) is 7.93. The first kappa shape index (κ1) is 17.6. The third kappa shape index (κ3) is 4.27. The Hall–Kier alpha value is -2.18. The number of benzene rings is 2. The van der Waals surface area contributed by atoms with Crippen LogP contribution in [-0.4, -0.2) is 19.1 Å². The number of halogens is 3. The zero-order valence-electron chi connectivity index (χ0n) is 13.4. The van der Waals surface area contributed by atoms with Gasteiger partial charge in [0.2, 0.25) is 5.91 Å². The fraction of sp³-hybridized carbons (Fsp3) is 0.278. The topological polar surface area (TPSA) is 50.4 Å². The van der Waals surface area contributed by atoms with Gasteiger partial charge in [-0.15, -0.1) is 0 Å². The zero-order valence-corrected chi connectivity index (χ0v) is 14.1. The highest BCUT2D eigenvalue weighted by Gasteiger charge is 2.17. The van der Waals surface area contributed by atoms with Crippen molar-refractivity contribution in [2.45, 2.75) is 19.4 Å². The second-order valence-electron chi connectivity index (χ2n) is 5.71. The number of nitrogens with one attached hydrogen (secondary N) is 2. The molecule has 0 atom stereocenters. The lowest BCUT2D eigenvalue weighted by Gasteiger charge is -2.19. The fourth-order valence-corrected chi connectivity index (χ4v) is 2.91. The summed E-state index contributed by atoms with van der Waals surface area (Å²) in [5, 5.41) is 5.87. The van der Waals surface area contributed by atoms with Gasteiger partial charge in [0, 0.05) is 6.54 Å². The van der Waals surface area contributed by atoms with Crippen LogP contribution in [0.5, 0.6) is 5.75 Å². The Balaban J connectivity index is 1.56. The molecule has 3 rings (SSSR count). The van der Waals surface area contributed by atoms with E-state index in [1.807, 2.05) is 6.07 Å². The van der Waals surface area contributed by atoms with Crippen LogP contribution in [0.4, 0.5) is 14.5 Å². The first-order chi connectivity index (χ1) is 12.0. The molecule has 0 fully saturated rings. The van der Waals surface area contributed by atoms with Crippen LogP contribution in [0, 0.1) is 11.6 Å². The Kier molecular flexibility index (Phi) is 5.50. The van der Waals surface area contributed by atoms with E-state index in [2.05, 4.69) is 10.6 Å². The van der Waals surface area contributed by atoms with Gasteiger partial charge >= 0.3 is 0 Å². The van der Waals surface area contributed by atoms with Gasteiger partial charge in [-0.05, 0) is 48.4 Å². The van der Waals surface area contributed by atoms with Crippen LogP contribution in [-0.2, 0) is 17.8 Å². The molecule has 0 saturated heterocycles. The summed E-state index contributed by atoms with van der Waals surface area (Å²) in [5.41, 5.74) is 1.73. The van der Waals surface area contributed by atoms with Gasteiger partial charge < -0.3 is 15.4 Å². The number of hydrogen-bond donors (Lipinski definition) is 2. The van der Waals surface area contributed by atoms with Crippen LogP contribution in [0.2, 0.25) is 5.02 Å². The molecule has 1 aliphatic rings. The number of anilines is 1. The maximum Gasteiger partial charge on any atom is 0.227 e. The number of carbonyl (C=O) groups is 1. The van der Waals surface area contributed by atoms with E-state index in [0.29, 0.717) is 30.8 Å². The van der Waals surface area contributed by atoms with Crippen molar-refractivity contribution in [1.82, 2.24) is 5.32 Å². The zero-order chi connectivity index (χ0) is 17.8. The van der Waals surface area contributed by atoms with Crippen LogP contribution < -0.4 is 15.4 Å². The molecule has 4 nitrogen and oxygen atoms in total. The molecule has 0 saturated carbocycles. The molecule has 1 amide bonds. The van der Waals surface area contributed by atoms with E-state index in [9.17, 15) is 13.6 Å². The van der Waals surface area contributed by atoms with Gasteiger partial charge in [0.25, 0.3) is 0 Å². The van der Waals surface area contributed by atoms with Crippen LogP contribution in [0.1, 0.15) is 17.5 Å². The number of ether oxygens (including phenoxy) is 1. The highest BCUT2D eigenvalue weighted by Crippen LogP contribution is 2.26. The minimum atomic E-state index is -0.465. The van der Waals surface area contributed by atoms with E-state index >= 15 is 0 Å². The summed E-state index contributed by atoms with van der Waals surface area (Å²) in [7, 11) is 0. The lowest BCUT2D eigenvalue weighted by molar-refractivity contribution is -0.116. The fourth-order valence-electron chi connectivity index (χ4n) is 2.69. The van der Waals surface area contributed by atoms with E-state index in [1.165, 1.54) is 12.1 Å². The Morgan fingerprint density at radius 1 is 1.28 bits per heavy atom. The van der Waals surface area contributed by atoms with Crippen molar-refractivity contribution in [2.24, 2.45) is 0 Å². The van der Waals surface area contributed by atoms with Crippen molar-refractivity contribution in [3.63, 3.8) is 0 Å². The van der Waals surface area contributed by atoms with Crippen molar-refractivity contribution < 1.29 is 18.3 Å². The van der Waals surface area contributed by atoms with E-state index in [4.69, 9.17) is 16.3 Å². The number of fused-ring (bicyclic) bond motifs is 1. The summed E-state index contributed by atoms with van der Waals surface area (Å²) in [6.45, 7) is 1.40. The van der Waals surface area contributed by atoms with Crippen LogP contribution in [0.25, 0.3) is 0 Å². The van der Waals surface area contributed by atoms with Crippen LogP contribution in [0.15, 0.2) is 30.3 Å². The highest BCUT2D eigenvalue weighted by molar-refractivity contribution is 6.32. The lowest BCUT2D eigenvalue weighted by Crippen LogP contribution is -2.25. The molecule has 7 heteroatoms. The molecular formula is C18H17ClF2N2O2. The summed E-state index contributed by atoms with van der Waals surface area (Å²) in [6, 6.07) is 7.13. The number of rotatable bonds is 5. The molecule has 0 bridgehead atoms. The minimum Gasteiger partial charge on any atom is -0.491 e. The molecule has 0 spiro atoms. The predicted octanol–water partition coefficient (Wildman–Crippen LogP) is 3.67. The number of carbonyl (C=O) groups excluding carboxylic acids is 1. The first-order valence-corrected chi connectivity index (χ1v) is 8.31. The van der Waals surface area contributed by atoms with Gasteiger partial charge in [-0.2, -0.15) is 0 Å². The Morgan fingerprint density at radius 3 is 2.92 bits per heavy atom. The Bertz CT molecular complexity index is 799. The molecule has 0 aliphatic carbocycles. The molecule has 1 aliphatic heterocycles. The molecule has 0 unspecified atom stereocenters. The average Bonchev–Trinajstić information content (AvgIpc) is 2.59. The smallest absolute Gasteiger partial charge is 0.227 e. The Labute approximate surface area is 149 Å². The van der Waals surface area contributed by atoms with Crippen molar-refractivity contribution in [3.05, 3.63) is 58.1 Å². The summed E-state index contributed by atoms with van der Waals surface area (Å²) in [6.07, 6.45) is 0.614. The molecule has 2 aromatic rings. The molecule has 2 N–H and O–H groups in total. The van der Waals surface area contributed by atoms with Gasteiger partial charge in [-0.1, -0.05) is 17.7 Å². The molecule has 1 heterocycles. The van der Waals surface area contributed by atoms with Crippen molar-refractivity contribution in [1.29, 1.82) is 0 Å². The standard InChI is InChI=1S/C18H17ClF2N2O2/c19-14-9-12(20)2-4-16(14)25-8-6-17(24)23-15-3-1-11-10-22-7-5-13(11)18(15)21/h1-4,9,22H,5-8,10H2,(H,23,24). The van der Waals surface area contributed by atoms with E-state index in [1.54, 1.807) is 6.07 Å². The lowest BCUT2D eigenvalue weighted by atomic mass is 9.99. The number of hydrogen-bond acceptors (Lipinski definition) is 3. The maximum absolute atomic E-state index is 14.5. The highest BCUT2D eigenvalue weighted by atomic mass is 35.5. The normalized spacial score (nSPS) is 13.2. The molecule has 132 valence electrons. The second-order valence-corrected chi connectivity index (χ2v) is 6.12. The van der Waals surface area contributed by atoms with Gasteiger partial charge in [0.15, 0.2) is 0 Å². The molecule has 0 radical (unpaired) electrons. The SMILES string of the molecule is O=C(CCOc1ccc(F)cc1Cl)Nc1ccc2c(c1F)CCNC2. The van der Waals surface area contributed by atoms with Crippen LogP contribution in [0.3, 0.4) is 0 Å². The van der Waals surface area contributed by atoms with Gasteiger partial charge in [0.1, 0.15) is 17.4 Å². The summed E-state index contributed by atoms with van der Waals surface area (Å²) >= 11 is 5.84. The largest absolute Gasteiger partial charge is 0.491 e. The van der Waals surface area contributed by atoms with Crippen molar-refractivity contribution >= 4 is 23.2 Å². The van der Waals surface area contributed by atoms with Gasteiger partial charge in [-0.3, -0.25) is 4.79 Å². The van der Waals surface area contributed by atoms with Gasteiger partial charge in [0.05, 0.1) is 23.7 Å². The maximum atomic E-state index is 14.5. The quantitative estimate of drug-likeness (QED) is 0.848. The van der Waals surface area contributed by atoms with E-state index in [0.717, 1.165) is 11.6 Å². The monoisotopic (exact) mass is 366 g/mol. The van der Waals surface area contributed by atoms with Crippen molar-refractivity contribution in [2.75, 3.05) is 18.5 Å². The minimum absolute atomic E-state index is 0.0196. The molecule has 25 heavy (non-hydrogen) atoms. The number of amides is 1. The van der Waals surface area contributed by atoms with Crippen molar-refractivity contribution in [3.8, 4) is 5.75 Å². The van der Waals surface area contributed by atoms with Crippen LogP contribution >= 0.6 is 11.6 Å². The molecule has 0 aromatic heterocycles. The van der Waals surface area contributed by atoms with E-state index in [-0.39, 0.29) is 35.5 Å². The van der Waals surface area contributed by atoms with E-state index < -0.39 is 5.82 Å². The molecular weight excluding hydrogens is 350 g/mol. The summed E-state index contributed by atoms with van der Waals surface area (Å²) < 4.78 is 32.8. The molecule has 2 aromatic carbocycles. The summed E-state index contributed by atoms with van der Waals surface area (Å²) in [4.78, 5) is 12.0. The average molecular weight is 367 g/mol. The third-order valence-electron chi connectivity index (χ3n) is 3.96. The second kappa shape index (κ2) is 7.80. The Morgan fingerprint density at radius 2 is 2.12 bits per heavy atom. The third-order valence-corrected chi connectivity index (χ3v) is 4.26.